The fraction of sp³-hybridized carbons (Fsp3) is 0.667. The molecular formula is C21H36N2O6S2. The molecule has 0 radical (unpaired) electrons. The molecule has 0 atom stereocenters. The molecule has 0 spiro atoms. The van der Waals surface area contributed by atoms with Crippen LogP contribution in [0.5, 0.6) is 0 Å². The van der Waals surface area contributed by atoms with E-state index in [2.05, 4.69) is 15.4 Å². The van der Waals surface area contributed by atoms with Gasteiger partial charge in [0.1, 0.15) is 5.60 Å². The van der Waals surface area contributed by atoms with Crippen molar-refractivity contribution in [2.45, 2.75) is 52.1 Å². The number of hydrogen-bond donors (Lipinski definition) is 2. The third-order valence-corrected chi connectivity index (χ3v) is 5.69. The molecule has 8 nitrogen and oxygen atoms in total. The third kappa shape index (κ3) is 22.7. The Bertz CT molecular complexity index is 577. The minimum Gasteiger partial charge on any atom is -0.502 e. The molecule has 0 fully saturated rings. The van der Waals surface area contributed by atoms with Crippen LogP contribution in [0.1, 0.15) is 46.5 Å². The van der Waals surface area contributed by atoms with Crippen LogP contribution in [0, 0.1) is 0 Å². The van der Waals surface area contributed by atoms with Gasteiger partial charge in [-0.15, -0.1) is 0 Å². The van der Waals surface area contributed by atoms with Crippen molar-refractivity contribution in [2.75, 3.05) is 38.3 Å². The zero-order chi connectivity index (χ0) is 23.4. The molecule has 0 aromatic heterocycles. The third-order valence-electron chi connectivity index (χ3n) is 3.28. The first-order valence-corrected chi connectivity index (χ1v) is 12.7. The Morgan fingerprint density at radius 2 is 1.74 bits per heavy atom. The Kier molecular flexibility index (Phi) is 17.8. The van der Waals surface area contributed by atoms with Crippen molar-refractivity contribution in [2.24, 2.45) is 0 Å². The molecule has 0 aromatic rings. The van der Waals surface area contributed by atoms with Crippen LogP contribution in [0.15, 0.2) is 24.6 Å². The molecule has 2 N–H and O–H groups in total. The second-order valence-corrected chi connectivity index (χ2v) is 10.00. The molecule has 178 valence electrons. The van der Waals surface area contributed by atoms with Crippen LogP contribution in [-0.4, -0.2) is 61.8 Å². The lowest BCUT2D eigenvalue weighted by molar-refractivity contribution is -0.148. The van der Waals surface area contributed by atoms with E-state index >= 15 is 0 Å². The predicted octanol–water partition coefficient (Wildman–Crippen LogP) is 3.19. The number of carbonyl (C=O) groups is 3. The summed E-state index contributed by atoms with van der Waals surface area (Å²) in [6.07, 6.45) is 8.31. The van der Waals surface area contributed by atoms with Crippen LogP contribution in [0.4, 0.5) is 0 Å². The first kappa shape index (κ1) is 29.2. The van der Waals surface area contributed by atoms with Gasteiger partial charge in [0.25, 0.3) is 0 Å². The van der Waals surface area contributed by atoms with Gasteiger partial charge in [0.2, 0.25) is 5.91 Å². The number of carbonyl (C=O) groups excluding carboxylic acids is 3. The Labute approximate surface area is 193 Å². The van der Waals surface area contributed by atoms with Crippen molar-refractivity contribution in [1.82, 2.24) is 10.6 Å². The van der Waals surface area contributed by atoms with E-state index in [1.54, 1.807) is 33.9 Å². The van der Waals surface area contributed by atoms with Crippen molar-refractivity contribution in [1.29, 1.82) is 0 Å². The maximum absolute atomic E-state index is 11.7. The highest BCUT2D eigenvalue weighted by molar-refractivity contribution is 8.76. The molecule has 0 saturated heterocycles. The Hall–Kier alpha value is -1.81. The van der Waals surface area contributed by atoms with Crippen LogP contribution >= 0.6 is 21.6 Å². The maximum atomic E-state index is 11.7. The highest BCUT2D eigenvalue weighted by Gasteiger charge is 2.13. The average molecular weight is 477 g/mol. The first-order chi connectivity index (χ1) is 14.7. The molecule has 0 saturated carbocycles. The van der Waals surface area contributed by atoms with E-state index in [9.17, 15) is 14.4 Å². The van der Waals surface area contributed by atoms with E-state index in [4.69, 9.17) is 9.47 Å². The minimum absolute atomic E-state index is 0.0508. The van der Waals surface area contributed by atoms with E-state index < -0.39 is 5.60 Å². The summed E-state index contributed by atoms with van der Waals surface area (Å²) < 4.78 is 15.0. The minimum atomic E-state index is -0.485. The fourth-order valence-electron chi connectivity index (χ4n) is 1.92. The summed E-state index contributed by atoms with van der Waals surface area (Å²) in [5, 5.41) is 5.88. The second-order valence-electron chi connectivity index (χ2n) is 7.29. The van der Waals surface area contributed by atoms with E-state index in [0.29, 0.717) is 19.6 Å². The number of nitrogens with one attached hydrogen (secondary N) is 2. The summed E-state index contributed by atoms with van der Waals surface area (Å²) in [6.45, 7) is 7.32. The van der Waals surface area contributed by atoms with Crippen molar-refractivity contribution in [3.63, 3.8) is 0 Å². The molecule has 0 aliphatic carbocycles. The Balaban J connectivity index is 3.46. The van der Waals surface area contributed by atoms with Gasteiger partial charge in [-0.25, -0.2) is 4.79 Å². The van der Waals surface area contributed by atoms with E-state index in [0.717, 1.165) is 30.9 Å². The highest BCUT2D eigenvalue weighted by Crippen LogP contribution is 2.19. The molecule has 31 heavy (non-hydrogen) atoms. The molecular weight excluding hydrogens is 440 g/mol. The smallest absolute Gasteiger partial charge is 0.332 e. The summed E-state index contributed by atoms with van der Waals surface area (Å²) in [6, 6.07) is 0. The van der Waals surface area contributed by atoms with E-state index in [1.807, 2.05) is 20.8 Å². The molecule has 0 unspecified atom stereocenters. The summed E-state index contributed by atoms with van der Waals surface area (Å²) in [5.74, 6) is 1.05. The van der Waals surface area contributed by atoms with Crippen LogP contribution in [0.25, 0.3) is 0 Å². The number of ether oxygens (including phenoxy) is 3. The fourth-order valence-corrected chi connectivity index (χ4v) is 3.75. The van der Waals surface area contributed by atoms with Gasteiger partial charge in [0.05, 0.1) is 20.0 Å². The van der Waals surface area contributed by atoms with Gasteiger partial charge < -0.3 is 24.8 Å². The van der Waals surface area contributed by atoms with Gasteiger partial charge in [-0.05, 0) is 39.7 Å². The van der Waals surface area contributed by atoms with Gasteiger partial charge in [-0.3, -0.25) is 9.59 Å². The lowest BCUT2D eigenvalue weighted by atomic mass is 10.2. The molecule has 0 aromatic carbocycles. The second kappa shape index (κ2) is 18.9. The van der Waals surface area contributed by atoms with Crippen molar-refractivity contribution >= 4 is 39.4 Å². The summed E-state index contributed by atoms with van der Waals surface area (Å²) in [5.41, 5.74) is -0.485. The number of esters is 2. The summed E-state index contributed by atoms with van der Waals surface area (Å²) >= 11 is 0. The topological polar surface area (TPSA) is 103 Å². The molecule has 0 bridgehead atoms. The SMILES string of the molecule is COC(=O)CCCCOC=CCC(=O)NCCSSCCNC=CC(=O)OC(C)(C)C. The van der Waals surface area contributed by atoms with Crippen molar-refractivity contribution in [3.8, 4) is 0 Å². The molecule has 10 heteroatoms. The van der Waals surface area contributed by atoms with Gasteiger partial charge in [-0.2, -0.15) is 0 Å². The standard InChI is InChI=1S/C21H36N2O6S2/c1-21(2,3)29-20(26)10-11-22-12-16-30-31-17-13-23-18(24)8-7-15-28-14-6-5-9-19(25)27-4/h7,10-11,15,22H,5-6,8-9,12-14,16-17H2,1-4H3,(H,23,24). The lowest BCUT2D eigenvalue weighted by Crippen LogP contribution is -2.24. The molecule has 0 rings (SSSR count). The largest absolute Gasteiger partial charge is 0.502 e. The maximum Gasteiger partial charge on any atom is 0.332 e. The van der Waals surface area contributed by atoms with Crippen molar-refractivity contribution < 1.29 is 28.6 Å². The van der Waals surface area contributed by atoms with E-state index in [-0.39, 0.29) is 24.3 Å². The van der Waals surface area contributed by atoms with Gasteiger partial charge in [-0.1, -0.05) is 21.6 Å². The average Bonchev–Trinajstić information content (AvgIpc) is 2.69. The molecule has 0 heterocycles. The van der Waals surface area contributed by atoms with Crippen LogP contribution in [-0.2, 0) is 28.6 Å². The number of hydrogen-bond acceptors (Lipinski definition) is 9. The van der Waals surface area contributed by atoms with Gasteiger partial charge >= 0.3 is 11.9 Å². The zero-order valence-electron chi connectivity index (χ0n) is 18.9. The number of amides is 1. The molecule has 1 amide bonds. The number of rotatable bonds is 17. The molecule has 0 aliphatic heterocycles. The quantitative estimate of drug-likeness (QED) is 0.108. The van der Waals surface area contributed by atoms with E-state index in [1.165, 1.54) is 19.4 Å². The van der Waals surface area contributed by atoms with Gasteiger partial charge in [0.15, 0.2) is 0 Å². The number of methoxy groups -OCH3 is 1. The lowest BCUT2D eigenvalue weighted by Gasteiger charge is -2.17. The highest BCUT2D eigenvalue weighted by atomic mass is 33.1. The van der Waals surface area contributed by atoms with Crippen LogP contribution in [0.2, 0.25) is 0 Å². The normalized spacial score (nSPS) is 11.5. The van der Waals surface area contributed by atoms with Crippen LogP contribution in [0.3, 0.4) is 0 Å². The molecule has 0 aliphatic rings. The first-order valence-electron chi connectivity index (χ1n) is 10.2. The predicted molar refractivity (Wildman–Crippen MR) is 126 cm³/mol. The van der Waals surface area contributed by atoms with Gasteiger partial charge in [0, 0.05) is 49.7 Å². The number of unbranched alkanes of at least 4 members (excludes halogenated alkanes) is 1. The zero-order valence-corrected chi connectivity index (χ0v) is 20.6. The summed E-state index contributed by atoms with van der Waals surface area (Å²) in [4.78, 5) is 34.1. The monoisotopic (exact) mass is 476 g/mol. The summed E-state index contributed by atoms with van der Waals surface area (Å²) in [7, 11) is 4.75. The Morgan fingerprint density at radius 3 is 2.42 bits per heavy atom. The van der Waals surface area contributed by atoms with Crippen molar-refractivity contribution in [3.05, 3.63) is 24.6 Å². The van der Waals surface area contributed by atoms with Crippen LogP contribution < -0.4 is 10.6 Å². The Morgan fingerprint density at radius 1 is 1.03 bits per heavy atom.